The third-order valence-electron chi connectivity index (χ3n) is 4.94. The van der Waals surface area contributed by atoms with Crippen LogP contribution in [0.25, 0.3) is 10.9 Å². The van der Waals surface area contributed by atoms with Gasteiger partial charge in [-0.05, 0) is 24.1 Å². The summed E-state index contributed by atoms with van der Waals surface area (Å²) in [7, 11) is 3.26. The Morgan fingerprint density at radius 2 is 1.93 bits per heavy atom. The van der Waals surface area contributed by atoms with Crippen molar-refractivity contribution in [1.29, 1.82) is 0 Å². The predicted molar refractivity (Wildman–Crippen MR) is 104 cm³/mol. The zero-order chi connectivity index (χ0) is 18.6. The van der Waals surface area contributed by atoms with Crippen LogP contribution in [-0.4, -0.2) is 43.4 Å². The van der Waals surface area contributed by atoms with Crippen LogP contribution in [-0.2, 0) is 11.3 Å². The van der Waals surface area contributed by atoms with E-state index in [1.807, 2.05) is 18.2 Å². The summed E-state index contributed by atoms with van der Waals surface area (Å²) in [6, 6.07) is 14.6. The Kier molecular flexibility index (Phi) is 5.07. The van der Waals surface area contributed by atoms with Crippen molar-refractivity contribution in [3.63, 3.8) is 0 Å². The van der Waals surface area contributed by atoms with E-state index in [0.717, 1.165) is 36.3 Å². The highest BCUT2D eigenvalue weighted by molar-refractivity contribution is 5.95. The lowest BCUT2D eigenvalue weighted by atomic mass is 10.1. The summed E-state index contributed by atoms with van der Waals surface area (Å²) in [4.78, 5) is 11.4. The van der Waals surface area contributed by atoms with Gasteiger partial charge in [0.2, 0.25) is 0 Å². The van der Waals surface area contributed by atoms with Crippen LogP contribution in [0, 0.1) is 0 Å². The van der Waals surface area contributed by atoms with Gasteiger partial charge in [-0.15, -0.1) is 0 Å². The van der Waals surface area contributed by atoms with Crippen molar-refractivity contribution in [3.05, 3.63) is 54.4 Å². The first-order valence-electron chi connectivity index (χ1n) is 9.06. The van der Waals surface area contributed by atoms with Crippen molar-refractivity contribution in [2.24, 2.45) is 0 Å². The highest BCUT2D eigenvalue weighted by atomic mass is 16.5. The lowest BCUT2D eigenvalue weighted by Gasteiger charge is -2.30. The van der Waals surface area contributed by atoms with E-state index in [2.05, 4.69) is 39.1 Å². The Bertz CT molecular complexity index is 911. The van der Waals surface area contributed by atoms with E-state index in [4.69, 9.17) is 14.2 Å². The highest BCUT2D eigenvalue weighted by Gasteiger charge is 2.27. The molecule has 2 heterocycles. The van der Waals surface area contributed by atoms with Gasteiger partial charge >= 0.3 is 0 Å². The van der Waals surface area contributed by atoms with E-state index in [1.54, 1.807) is 20.5 Å². The molecule has 27 heavy (non-hydrogen) atoms. The predicted octanol–water partition coefficient (Wildman–Crippen LogP) is 3.44. The highest BCUT2D eigenvalue weighted by Crippen LogP contribution is 2.38. The van der Waals surface area contributed by atoms with Crippen molar-refractivity contribution < 1.29 is 14.2 Å². The Hall–Kier alpha value is -2.86. The molecule has 140 valence electrons. The lowest BCUT2D eigenvalue weighted by molar-refractivity contribution is 0.193. The molecule has 3 aromatic rings. The van der Waals surface area contributed by atoms with Crippen LogP contribution in [0.5, 0.6) is 11.5 Å². The zero-order valence-electron chi connectivity index (χ0n) is 15.6. The monoisotopic (exact) mass is 365 g/mol. The molecule has 1 aromatic heterocycles. The SMILES string of the molecule is COc1ccc2c(N(Cc3ccccc3)[C@@H]3CCOC3)ncnc2c1OC. The van der Waals surface area contributed by atoms with Gasteiger partial charge in [0.25, 0.3) is 0 Å². The van der Waals surface area contributed by atoms with E-state index >= 15 is 0 Å². The fraction of sp³-hybridized carbons (Fsp3) is 0.333. The van der Waals surface area contributed by atoms with Gasteiger partial charge in [0.15, 0.2) is 11.5 Å². The fourth-order valence-corrected chi connectivity index (χ4v) is 3.58. The third-order valence-corrected chi connectivity index (χ3v) is 4.94. The maximum atomic E-state index is 5.66. The molecule has 0 saturated carbocycles. The van der Waals surface area contributed by atoms with Crippen LogP contribution >= 0.6 is 0 Å². The molecule has 4 rings (SSSR count). The molecule has 0 aliphatic carbocycles. The minimum absolute atomic E-state index is 0.274. The second kappa shape index (κ2) is 7.80. The quantitative estimate of drug-likeness (QED) is 0.667. The number of benzene rings is 2. The van der Waals surface area contributed by atoms with Crippen molar-refractivity contribution in [2.75, 3.05) is 32.3 Å². The van der Waals surface area contributed by atoms with Gasteiger partial charge in [-0.3, -0.25) is 0 Å². The van der Waals surface area contributed by atoms with Crippen LogP contribution in [0.2, 0.25) is 0 Å². The first-order chi connectivity index (χ1) is 13.3. The van der Waals surface area contributed by atoms with Crippen LogP contribution in [0.3, 0.4) is 0 Å². The summed E-state index contributed by atoms with van der Waals surface area (Å²) >= 11 is 0. The number of fused-ring (bicyclic) bond motifs is 1. The van der Waals surface area contributed by atoms with Gasteiger partial charge in [0.1, 0.15) is 17.7 Å². The maximum absolute atomic E-state index is 5.66. The van der Waals surface area contributed by atoms with Crippen LogP contribution in [0.4, 0.5) is 5.82 Å². The summed E-state index contributed by atoms with van der Waals surface area (Å²) < 4.78 is 16.7. The molecule has 0 N–H and O–H groups in total. The number of anilines is 1. The first-order valence-corrected chi connectivity index (χ1v) is 9.06. The molecule has 0 radical (unpaired) electrons. The zero-order valence-corrected chi connectivity index (χ0v) is 15.6. The van der Waals surface area contributed by atoms with Gasteiger partial charge in [-0.25, -0.2) is 9.97 Å². The van der Waals surface area contributed by atoms with Crippen molar-refractivity contribution in [1.82, 2.24) is 9.97 Å². The number of hydrogen-bond acceptors (Lipinski definition) is 6. The molecule has 1 fully saturated rings. The van der Waals surface area contributed by atoms with E-state index in [1.165, 1.54) is 5.56 Å². The average molecular weight is 365 g/mol. The normalized spacial score (nSPS) is 16.4. The maximum Gasteiger partial charge on any atom is 0.187 e. The Balaban J connectivity index is 1.82. The minimum Gasteiger partial charge on any atom is -0.493 e. The third kappa shape index (κ3) is 3.40. The summed E-state index contributed by atoms with van der Waals surface area (Å²) in [5.74, 6) is 2.18. The van der Waals surface area contributed by atoms with E-state index in [0.29, 0.717) is 18.1 Å². The summed E-state index contributed by atoms with van der Waals surface area (Å²) in [5.41, 5.74) is 1.98. The molecule has 0 spiro atoms. The van der Waals surface area contributed by atoms with Gasteiger partial charge in [-0.1, -0.05) is 30.3 Å². The molecule has 0 bridgehead atoms. The van der Waals surface area contributed by atoms with E-state index in [-0.39, 0.29) is 6.04 Å². The average Bonchev–Trinajstić information content (AvgIpc) is 3.26. The molecule has 0 amide bonds. The van der Waals surface area contributed by atoms with E-state index in [9.17, 15) is 0 Å². The fourth-order valence-electron chi connectivity index (χ4n) is 3.58. The molecule has 1 saturated heterocycles. The van der Waals surface area contributed by atoms with Crippen molar-refractivity contribution >= 4 is 16.7 Å². The van der Waals surface area contributed by atoms with Crippen molar-refractivity contribution in [3.8, 4) is 11.5 Å². The number of methoxy groups -OCH3 is 2. The molecule has 6 heteroatoms. The van der Waals surface area contributed by atoms with Gasteiger partial charge in [-0.2, -0.15) is 0 Å². The summed E-state index contributed by atoms with van der Waals surface area (Å²) in [5, 5.41) is 0.943. The van der Waals surface area contributed by atoms with Gasteiger partial charge in [0, 0.05) is 18.5 Å². The Morgan fingerprint density at radius 1 is 1.07 bits per heavy atom. The van der Waals surface area contributed by atoms with Crippen LogP contribution < -0.4 is 14.4 Å². The number of ether oxygens (including phenoxy) is 3. The number of nitrogens with zero attached hydrogens (tertiary/aromatic N) is 3. The number of aromatic nitrogens is 2. The minimum atomic E-state index is 0.274. The molecule has 0 unspecified atom stereocenters. The Labute approximate surface area is 158 Å². The topological polar surface area (TPSA) is 56.7 Å². The van der Waals surface area contributed by atoms with Crippen molar-refractivity contribution in [2.45, 2.75) is 19.0 Å². The van der Waals surface area contributed by atoms with Gasteiger partial charge < -0.3 is 19.1 Å². The molecule has 1 aliphatic rings. The van der Waals surface area contributed by atoms with E-state index < -0.39 is 0 Å². The molecule has 6 nitrogen and oxygen atoms in total. The Morgan fingerprint density at radius 3 is 2.63 bits per heavy atom. The lowest BCUT2D eigenvalue weighted by Crippen LogP contribution is -2.36. The molecular weight excluding hydrogens is 342 g/mol. The second-order valence-corrected chi connectivity index (χ2v) is 6.53. The second-order valence-electron chi connectivity index (χ2n) is 6.53. The molecule has 1 atom stereocenters. The molecule has 2 aromatic carbocycles. The molecule has 1 aliphatic heterocycles. The largest absolute Gasteiger partial charge is 0.493 e. The van der Waals surface area contributed by atoms with Crippen LogP contribution in [0.1, 0.15) is 12.0 Å². The first kappa shape index (κ1) is 17.5. The van der Waals surface area contributed by atoms with Gasteiger partial charge in [0.05, 0.1) is 26.9 Å². The summed E-state index contributed by atoms with van der Waals surface area (Å²) in [6.45, 7) is 2.23. The number of rotatable bonds is 6. The number of hydrogen-bond donors (Lipinski definition) is 0. The van der Waals surface area contributed by atoms with Crippen LogP contribution in [0.15, 0.2) is 48.8 Å². The summed E-state index contributed by atoms with van der Waals surface area (Å²) in [6.07, 6.45) is 2.57. The molecular formula is C21H23N3O3. The standard InChI is InChI=1S/C21H23N3O3/c1-25-18-9-8-17-19(20(18)26-2)22-14-23-21(17)24(16-10-11-27-13-16)12-15-6-4-3-5-7-15/h3-9,14,16H,10-13H2,1-2H3/t16-/m1/s1. The smallest absolute Gasteiger partial charge is 0.187 e.